The number of imidazole rings is 1. The Hall–Kier alpha value is -2.40. The molecule has 1 aromatic carbocycles. The Morgan fingerprint density at radius 2 is 2.19 bits per heavy atom. The summed E-state index contributed by atoms with van der Waals surface area (Å²) >= 11 is 0. The molecule has 138 valence electrons. The van der Waals surface area contributed by atoms with Crippen molar-refractivity contribution in [3.63, 3.8) is 0 Å². The van der Waals surface area contributed by atoms with Crippen LogP contribution in [0.3, 0.4) is 0 Å². The van der Waals surface area contributed by atoms with E-state index in [9.17, 15) is 9.90 Å². The smallest absolute Gasteiger partial charge is 0.320 e. The lowest BCUT2D eigenvalue weighted by atomic mass is 10.0. The molecule has 1 fully saturated rings. The minimum absolute atomic E-state index is 0.0614. The van der Waals surface area contributed by atoms with E-state index in [1.54, 1.807) is 12.4 Å². The van der Waals surface area contributed by atoms with E-state index >= 15 is 0 Å². The minimum Gasteiger partial charge on any atom is -0.480 e. The zero-order valence-corrected chi connectivity index (χ0v) is 15.2. The third-order valence-electron chi connectivity index (χ3n) is 5.09. The van der Waals surface area contributed by atoms with Crippen LogP contribution in [-0.2, 0) is 11.2 Å². The Morgan fingerprint density at radius 3 is 2.85 bits per heavy atom. The van der Waals surface area contributed by atoms with Gasteiger partial charge < -0.3 is 10.1 Å². The first kappa shape index (κ1) is 18.4. The van der Waals surface area contributed by atoms with Gasteiger partial charge in [0.15, 0.2) is 0 Å². The highest BCUT2D eigenvalue weighted by Crippen LogP contribution is 2.35. The van der Waals surface area contributed by atoms with Crippen molar-refractivity contribution < 1.29 is 9.90 Å². The molecule has 1 aliphatic rings. The van der Waals surface area contributed by atoms with Crippen LogP contribution in [0, 0.1) is 5.92 Å². The van der Waals surface area contributed by atoms with Gasteiger partial charge in [-0.05, 0) is 37.2 Å². The first-order valence-electron chi connectivity index (χ1n) is 9.35. The lowest BCUT2D eigenvalue weighted by Crippen LogP contribution is -2.40. The zero-order valence-electron chi connectivity index (χ0n) is 15.2. The van der Waals surface area contributed by atoms with Gasteiger partial charge in [0, 0.05) is 18.9 Å². The van der Waals surface area contributed by atoms with E-state index in [4.69, 9.17) is 0 Å². The van der Waals surface area contributed by atoms with E-state index in [0.29, 0.717) is 12.3 Å². The summed E-state index contributed by atoms with van der Waals surface area (Å²) in [6, 6.07) is 9.68. The number of carboxylic acids is 1. The van der Waals surface area contributed by atoms with Gasteiger partial charge in [0.05, 0.1) is 6.04 Å². The van der Waals surface area contributed by atoms with Gasteiger partial charge in [-0.2, -0.15) is 0 Å². The molecule has 0 amide bonds. The molecule has 0 radical (unpaired) electrons. The quantitative estimate of drug-likeness (QED) is 0.708. The molecule has 0 spiro atoms. The number of aromatic nitrogens is 2. The van der Waals surface area contributed by atoms with Crippen molar-refractivity contribution in [1.29, 1.82) is 0 Å². The van der Waals surface area contributed by atoms with Crippen LogP contribution in [-0.4, -0.2) is 38.5 Å². The van der Waals surface area contributed by atoms with Crippen LogP contribution in [0.2, 0.25) is 0 Å². The number of nitrogens with zero attached hydrogens (tertiary/aromatic N) is 2. The number of hydrogen-bond acceptors (Lipinski definition) is 3. The second-order valence-corrected chi connectivity index (χ2v) is 6.95. The van der Waals surface area contributed by atoms with Crippen molar-refractivity contribution in [2.75, 3.05) is 6.54 Å². The van der Waals surface area contributed by atoms with Crippen LogP contribution in [0.15, 0.2) is 54.9 Å². The third kappa shape index (κ3) is 4.41. The maximum absolute atomic E-state index is 11.9. The first-order chi connectivity index (χ1) is 12.7. The molecule has 26 heavy (non-hydrogen) atoms. The number of aliphatic carboxylic acids is 1. The van der Waals surface area contributed by atoms with Crippen molar-refractivity contribution in [3.8, 4) is 0 Å². The second kappa shape index (κ2) is 8.81. The maximum Gasteiger partial charge on any atom is 0.320 e. The molecule has 0 bridgehead atoms. The van der Waals surface area contributed by atoms with Crippen LogP contribution in [0.25, 0.3) is 0 Å². The summed E-state index contributed by atoms with van der Waals surface area (Å²) in [5, 5.41) is 9.80. The number of benzene rings is 1. The van der Waals surface area contributed by atoms with Crippen LogP contribution >= 0.6 is 0 Å². The van der Waals surface area contributed by atoms with Gasteiger partial charge in [-0.1, -0.05) is 49.4 Å². The molecule has 1 aliphatic heterocycles. The van der Waals surface area contributed by atoms with Crippen molar-refractivity contribution in [3.05, 3.63) is 66.3 Å². The van der Waals surface area contributed by atoms with E-state index in [1.807, 2.05) is 18.2 Å². The summed E-state index contributed by atoms with van der Waals surface area (Å²) in [5.41, 5.74) is 1.19. The first-order valence-corrected chi connectivity index (χ1v) is 9.35. The fourth-order valence-corrected chi connectivity index (χ4v) is 3.83. The molecule has 2 heterocycles. The number of aromatic amines is 1. The third-order valence-corrected chi connectivity index (χ3v) is 5.09. The molecule has 3 atom stereocenters. The number of rotatable bonds is 8. The molecule has 2 N–H and O–H groups in total. The summed E-state index contributed by atoms with van der Waals surface area (Å²) in [6.45, 7) is 2.90. The molecule has 1 aromatic heterocycles. The van der Waals surface area contributed by atoms with Crippen LogP contribution < -0.4 is 0 Å². The maximum atomic E-state index is 11.9. The summed E-state index contributed by atoms with van der Waals surface area (Å²) in [4.78, 5) is 21.7. The number of allylic oxidation sites excluding steroid dienone is 2. The topological polar surface area (TPSA) is 69.2 Å². The molecular weight excluding hydrogens is 326 g/mol. The molecule has 5 nitrogen and oxygen atoms in total. The standard InChI is InChI=1S/C21H27N3O2/c1-2-3-5-10-17-14-19(21(25)26)24(15-17)18(20-22-11-12-23-20)13-16-8-6-4-7-9-16/h3-9,11-12,17-19H,2,10,13-15H2,1H3,(H,22,23)(H,25,26). The predicted octanol–water partition coefficient (Wildman–Crippen LogP) is 3.82. The number of likely N-dealkylation sites (tertiary alicyclic amines) is 1. The van der Waals surface area contributed by atoms with Crippen molar-refractivity contribution in [1.82, 2.24) is 14.9 Å². The molecule has 2 aromatic rings. The molecule has 0 saturated carbocycles. The lowest BCUT2D eigenvalue weighted by Gasteiger charge is -2.30. The predicted molar refractivity (Wildman–Crippen MR) is 102 cm³/mol. The number of H-pyrrole nitrogens is 1. The van der Waals surface area contributed by atoms with Crippen molar-refractivity contribution >= 4 is 5.97 Å². The van der Waals surface area contributed by atoms with E-state index in [0.717, 1.165) is 31.6 Å². The summed E-state index contributed by atoms with van der Waals surface area (Å²) in [7, 11) is 0. The Kier molecular flexibility index (Phi) is 6.23. The monoisotopic (exact) mass is 353 g/mol. The summed E-state index contributed by atoms with van der Waals surface area (Å²) in [6.07, 6.45) is 11.3. The largest absolute Gasteiger partial charge is 0.480 e. The highest BCUT2D eigenvalue weighted by Gasteiger charge is 2.41. The Balaban J connectivity index is 1.83. The summed E-state index contributed by atoms with van der Waals surface area (Å²) in [5.74, 6) is 0.466. The number of carbonyl (C=O) groups is 1. The van der Waals surface area contributed by atoms with Gasteiger partial charge >= 0.3 is 5.97 Å². The van der Waals surface area contributed by atoms with Gasteiger partial charge in [0.2, 0.25) is 0 Å². The number of nitrogens with one attached hydrogen (secondary N) is 1. The molecule has 3 unspecified atom stereocenters. The molecule has 5 heteroatoms. The Bertz CT molecular complexity index is 712. The Morgan fingerprint density at radius 1 is 1.38 bits per heavy atom. The second-order valence-electron chi connectivity index (χ2n) is 6.95. The van der Waals surface area contributed by atoms with Crippen molar-refractivity contribution in [2.24, 2.45) is 5.92 Å². The molecule has 1 saturated heterocycles. The van der Waals surface area contributed by atoms with E-state index < -0.39 is 12.0 Å². The van der Waals surface area contributed by atoms with Gasteiger partial charge in [0.25, 0.3) is 0 Å². The van der Waals surface area contributed by atoms with Crippen LogP contribution in [0.1, 0.15) is 43.6 Å². The average Bonchev–Trinajstić information content (AvgIpc) is 3.31. The number of carboxylic acid groups (broad SMARTS) is 1. The SMILES string of the molecule is CCC=CCC1CC(C(=O)O)N(C(Cc2ccccc2)c2ncc[nH]2)C1. The average molecular weight is 353 g/mol. The van der Waals surface area contributed by atoms with Crippen molar-refractivity contribution in [2.45, 2.75) is 44.7 Å². The molecular formula is C21H27N3O2. The normalized spacial score (nSPS) is 22.0. The molecule has 3 rings (SSSR count). The Labute approximate surface area is 154 Å². The van der Waals surface area contributed by atoms with Gasteiger partial charge in [0.1, 0.15) is 11.9 Å². The minimum atomic E-state index is -0.739. The number of hydrogen-bond donors (Lipinski definition) is 2. The van der Waals surface area contributed by atoms with Gasteiger partial charge in [-0.3, -0.25) is 9.69 Å². The van der Waals surface area contributed by atoms with E-state index in [2.05, 4.69) is 46.1 Å². The summed E-state index contributed by atoms with van der Waals surface area (Å²) < 4.78 is 0. The highest BCUT2D eigenvalue weighted by molar-refractivity contribution is 5.74. The van der Waals surface area contributed by atoms with Crippen LogP contribution in [0.5, 0.6) is 0 Å². The van der Waals surface area contributed by atoms with E-state index in [-0.39, 0.29) is 6.04 Å². The molecule has 0 aliphatic carbocycles. The van der Waals surface area contributed by atoms with Gasteiger partial charge in [-0.15, -0.1) is 0 Å². The van der Waals surface area contributed by atoms with Crippen LogP contribution in [0.4, 0.5) is 0 Å². The highest BCUT2D eigenvalue weighted by atomic mass is 16.4. The van der Waals surface area contributed by atoms with Gasteiger partial charge in [-0.25, -0.2) is 4.98 Å². The van der Waals surface area contributed by atoms with E-state index in [1.165, 1.54) is 5.56 Å². The lowest BCUT2D eigenvalue weighted by molar-refractivity contribution is -0.143. The fraction of sp³-hybridized carbons (Fsp3) is 0.429. The zero-order chi connectivity index (χ0) is 18.4. The fourth-order valence-electron chi connectivity index (χ4n) is 3.83.